The molecule has 0 amide bonds. The lowest BCUT2D eigenvalue weighted by Gasteiger charge is -2.26. The highest BCUT2D eigenvalue weighted by atomic mass is 32.2. The maximum atomic E-state index is 12.3. The Balaban J connectivity index is 2.23. The average Bonchev–Trinajstić information content (AvgIpc) is 2.40. The summed E-state index contributed by atoms with van der Waals surface area (Å²) in [5, 5.41) is 0. The molecule has 0 bridgehead atoms. The van der Waals surface area contributed by atoms with Crippen LogP contribution < -0.4 is 0 Å². The van der Waals surface area contributed by atoms with E-state index in [0.29, 0.717) is 37.1 Å². The van der Waals surface area contributed by atoms with Crippen LogP contribution in [0.4, 0.5) is 0 Å². The molecule has 4 nitrogen and oxygen atoms in total. The zero-order valence-electron chi connectivity index (χ0n) is 10.8. The van der Waals surface area contributed by atoms with E-state index in [1.54, 1.807) is 12.1 Å². The SMILES string of the molecule is CC(C)c1ccc(S(=O)(=O)N2CCOCC2)cc1. The van der Waals surface area contributed by atoms with Gasteiger partial charge >= 0.3 is 0 Å². The molecule has 18 heavy (non-hydrogen) atoms. The van der Waals surface area contributed by atoms with Crippen molar-refractivity contribution in [2.75, 3.05) is 26.3 Å². The van der Waals surface area contributed by atoms with E-state index in [9.17, 15) is 8.42 Å². The second kappa shape index (κ2) is 5.38. The van der Waals surface area contributed by atoms with Gasteiger partial charge in [0.15, 0.2) is 0 Å². The lowest BCUT2D eigenvalue weighted by atomic mass is 10.0. The summed E-state index contributed by atoms with van der Waals surface area (Å²) in [6.07, 6.45) is 0. The number of benzene rings is 1. The lowest BCUT2D eigenvalue weighted by molar-refractivity contribution is 0.0730. The zero-order chi connectivity index (χ0) is 13.2. The van der Waals surface area contributed by atoms with Crippen molar-refractivity contribution in [3.63, 3.8) is 0 Å². The fraction of sp³-hybridized carbons (Fsp3) is 0.538. The predicted molar refractivity (Wildman–Crippen MR) is 70.1 cm³/mol. The van der Waals surface area contributed by atoms with Crippen molar-refractivity contribution in [3.8, 4) is 0 Å². The number of hydrogen-bond acceptors (Lipinski definition) is 3. The van der Waals surface area contributed by atoms with Gasteiger partial charge in [0.25, 0.3) is 0 Å². The Kier molecular flexibility index (Phi) is 4.04. The fourth-order valence-electron chi connectivity index (χ4n) is 1.96. The summed E-state index contributed by atoms with van der Waals surface area (Å²) < 4.78 is 31.3. The molecule has 5 heteroatoms. The van der Waals surface area contributed by atoms with Gasteiger partial charge in [-0.25, -0.2) is 8.42 Å². The molecule has 0 radical (unpaired) electrons. The normalized spacial score (nSPS) is 18.2. The first-order valence-corrected chi connectivity index (χ1v) is 7.63. The monoisotopic (exact) mass is 269 g/mol. The molecule has 0 saturated carbocycles. The molecule has 0 unspecified atom stereocenters. The smallest absolute Gasteiger partial charge is 0.243 e. The number of hydrogen-bond donors (Lipinski definition) is 0. The minimum atomic E-state index is -3.35. The van der Waals surface area contributed by atoms with Crippen molar-refractivity contribution >= 4 is 10.0 Å². The average molecular weight is 269 g/mol. The van der Waals surface area contributed by atoms with Crippen molar-refractivity contribution in [1.29, 1.82) is 0 Å². The lowest BCUT2D eigenvalue weighted by Crippen LogP contribution is -2.40. The molecule has 1 aromatic rings. The Morgan fingerprint density at radius 2 is 1.67 bits per heavy atom. The van der Waals surface area contributed by atoms with E-state index >= 15 is 0 Å². The van der Waals surface area contributed by atoms with E-state index in [1.165, 1.54) is 4.31 Å². The molecule has 2 rings (SSSR count). The summed E-state index contributed by atoms with van der Waals surface area (Å²) in [6, 6.07) is 7.16. The first-order chi connectivity index (χ1) is 8.51. The molecule has 0 N–H and O–H groups in total. The van der Waals surface area contributed by atoms with E-state index in [2.05, 4.69) is 13.8 Å². The van der Waals surface area contributed by atoms with Crippen molar-refractivity contribution < 1.29 is 13.2 Å². The van der Waals surface area contributed by atoms with Gasteiger partial charge in [-0.2, -0.15) is 4.31 Å². The highest BCUT2D eigenvalue weighted by molar-refractivity contribution is 7.89. The van der Waals surface area contributed by atoms with Crippen LogP contribution in [-0.4, -0.2) is 39.0 Å². The summed E-state index contributed by atoms with van der Waals surface area (Å²) >= 11 is 0. The van der Waals surface area contributed by atoms with E-state index in [-0.39, 0.29) is 0 Å². The number of morpholine rings is 1. The van der Waals surface area contributed by atoms with E-state index in [0.717, 1.165) is 5.56 Å². The van der Waals surface area contributed by atoms with Crippen molar-refractivity contribution in [2.45, 2.75) is 24.7 Å². The minimum Gasteiger partial charge on any atom is -0.379 e. The minimum absolute atomic E-state index is 0.369. The van der Waals surface area contributed by atoms with Crippen LogP contribution in [0.3, 0.4) is 0 Å². The maximum Gasteiger partial charge on any atom is 0.243 e. The fourth-order valence-corrected chi connectivity index (χ4v) is 3.37. The molecule has 1 fully saturated rings. The summed E-state index contributed by atoms with van der Waals surface area (Å²) in [7, 11) is -3.35. The zero-order valence-corrected chi connectivity index (χ0v) is 11.6. The number of nitrogens with zero attached hydrogens (tertiary/aromatic N) is 1. The van der Waals surface area contributed by atoms with Gasteiger partial charge in [0.1, 0.15) is 0 Å². The van der Waals surface area contributed by atoms with Crippen LogP contribution >= 0.6 is 0 Å². The second-order valence-corrected chi connectivity index (χ2v) is 6.68. The summed E-state index contributed by atoms with van der Waals surface area (Å²) in [4.78, 5) is 0.369. The van der Waals surface area contributed by atoms with Crippen LogP contribution in [0.1, 0.15) is 25.3 Å². The molecular formula is C13H19NO3S. The maximum absolute atomic E-state index is 12.3. The van der Waals surface area contributed by atoms with Crippen molar-refractivity contribution in [2.24, 2.45) is 0 Å². The number of sulfonamides is 1. The van der Waals surface area contributed by atoms with Gasteiger partial charge in [0, 0.05) is 13.1 Å². The van der Waals surface area contributed by atoms with Gasteiger partial charge in [-0.05, 0) is 23.6 Å². The third kappa shape index (κ3) is 2.74. The third-order valence-corrected chi connectivity index (χ3v) is 5.07. The second-order valence-electron chi connectivity index (χ2n) is 4.74. The number of ether oxygens (including phenoxy) is 1. The molecule has 0 aliphatic carbocycles. The summed E-state index contributed by atoms with van der Waals surface area (Å²) in [5.74, 6) is 0.408. The molecule has 0 aromatic heterocycles. The van der Waals surface area contributed by atoms with E-state index < -0.39 is 10.0 Å². The topological polar surface area (TPSA) is 46.6 Å². The third-order valence-electron chi connectivity index (χ3n) is 3.15. The molecular weight excluding hydrogens is 250 g/mol. The molecule has 0 atom stereocenters. The first kappa shape index (κ1) is 13.5. The van der Waals surface area contributed by atoms with Crippen LogP contribution in [0.5, 0.6) is 0 Å². The van der Waals surface area contributed by atoms with Gasteiger partial charge < -0.3 is 4.74 Å². The van der Waals surface area contributed by atoms with Crippen molar-refractivity contribution in [3.05, 3.63) is 29.8 Å². The van der Waals surface area contributed by atoms with Crippen LogP contribution in [0.2, 0.25) is 0 Å². The molecule has 1 aliphatic rings. The van der Waals surface area contributed by atoms with E-state index in [1.807, 2.05) is 12.1 Å². The Morgan fingerprint density at radius 3 is 2.17 bits per heavy atom. The van der Waals surface area contributed by atoms with Crippen LogP contribution in [0, 0.1) is 0 Å². The Bertz CT molecular complexity index is 487. The molecule has 0 spiro atoms. The molecule has 1 aliphatic heterocycles. The first-order valence-electron chi connectivity index (χ1n) is 6.19. The van der Waals surface area contributed by atoms with E-state index in [4.69, 9.17) is 4.74 Å². The van der Waals surface area contributed by atoms with Crippen molar-refractivity contribution in [1.82, 2.24) is 4.31 Å². The van der Waals surface area contributed by atoms with Gasteiger partial charge in [-0.15, -0.1) is 0 Å². The summed E-state index contributed by atoms with van der Waals surface area (Å²) in [5.41, 5.74) is 1.15. The van der Waals surface area contributed by atoms with Crippen LogP contribution in [0.15, 0.2) is 29.2 Å². The molecule has 100 valence electrons. The highest BCUT2D eigenvalue weighted by Gasteiger charge is 2.26. The molecule has 1 heterocycles. The van der Waals surface area contributed by atoms with Crippen LogP contribution in [-0.2, 0) is 14.8 Å². The van der Waals surface area contributed by atoms with Gasteiger partial charge in [0.2, 0.25) is 10.0 Å². The standard InChI is InChI=1S/C13H19NO3S/c1-11(2)12-3-5-13(6-4-12)18(15,16)14-7-9-17-10-8-14/h3-6,11H,7-10H2,1-2H3. The Morgan fingerprint density at radius 1 is 1.11 bits per heavy atom. The molecule has 1 saturated heterocycles. The van der Waals surface area contributed by atoms with Gasteiger partial charge in [-0.1, -0.05) is 26.0 Å². The predicted octanol–water partition coefficient (Wildman–Crippen LogP) is 1.83. The Labute approximate surface area is 109 Å². The van der Waals surface area contributed by atoms with Gasteiger partial charge in [0.05, 0.1) is 18.1 Å². The number of rotatable bonds is 3. The molecule has 1 aromatic carbocycles. The summed E-state index contributed by atoms with van der Waals surface area (Å²) in [6.45, 7) is 6.01. The van der Waals surface area contributed by atoms with Gasteiger partial charge in [-0.3, -0.25) is 0 Å². The largest absolute Gasteiger partial charge is 0.379 e. The Hall–Kier alpha value is -0.910. The highest BCUT2D eigenvalue weighted by Crippen LogP contribution is 2.20. The van der Waals surface area contributed by atoms with Crippen LogP contribution in [0.25, 0.3) is 0 Å². The quantitative estimate of drug-likeness (QED) is 0.841.